The molecular formula is C17H15ClN2O4S. The first kappa shape index (κ1) is 18.7. The highest BCUT2D eigenvalue weighted by Gasteiger charge is 2.11. The molecule has 2 N–H and O–H groups in total. The molecule has 0 fully saturated rings. The van der Waals surface area contributed by atoms with Crippen LogP contribution in [0.25, 0.3) is 0 Å². The molecule has 2 rings (SSSR count). The fraction of sp³-hybridized carbons (Fsp3) is 0.118. The molecule has 0 heterocycles. The van der Waals surface area contributed by atoms with Gasteiger partial charge in [0.15, 0.2) is 5.11 Å². The Labute approximate surface area is 155 Å². The Morgan fingerprint density at radius 2 is 1.68 bits per heavy atom. The third-order valence-electron chi connectivity index (χ3n) is 3.20. The van der Waals surface area contributed by atoms with Crippen molar-refractivity contribution in [2.24, 2.45) is 0 Å². The quantitative estimate of drug-likeness (QED) is 0.628. The van der Waals surface area contributed by atoms with Crippen molar-refractivity contribution < 1.29 is 19.1 Å². The number of esters is 1. The van der Waals surface area contributed by atoms with Crippen LogP contribution < -0.4 is 15.4 Å². The van der Waals surface area contributed by atoms with Gasteiger partial charge in [-0.15, -0.1) is 0 Å². The van der Waals surface area contributed by atoms with Crippen molar-refractivity contribution in [1.82, 2.24) is 5.32 Å². The number of carbonyl (C=O) groups excluding carboxylic acids is 2. The standard InChI is InChI=1S/C17H15ClN2O4S/c1-23-14-8-5-11(9-13(14)18)15(21)20-17(25)19-12-6-3-10(4-7-12)16(22)24-2/h3-9H,1-2H3,(H2,19,20,21,25). The lowest BCUT2D eigenvalue weighted by atomic mass is 10.2. The predicted molar refractivity (Wildman–Crippen MR) is 99.5 cm³/mol. The smallest absolute Gasteiger partial charge is 0.337 e. The van der Waals surface area contributed by atoms with Crippen LogP contribution in [0, 0.1) is 0 Å². The van der Waals surface area contributed by atoms with Crippen LogP contribution in [-0.2, 0) is 4.74 Å². The summed E-state index contributed by atoms with van der Waals surface area (Å²) in [4.78, 5) is 23.6. The molecule has 0 aromatic heterocycles. The summed E-state index contributed by atoms with van der Waals surface area (Å²) < 4.78 is 9.66. The maximum absolute atomic E-state index is 12.2. The highest BCUT2D eigenvalue weighted by atomic mass is 35.5. The number of halogens is 1. The molecule has 2 aromatic carbocycles. The van der Waals surface area contributed by atoms with Crippen LogP contribution in [0.2, 0.25) is 5.02 Å². The van der Waals surface area contributed by atoms with Crippen molar-refractivity contribution >= 4 is 46.5 Å². The van der Waals surface area contributed by atoms with E-state index < -0.39 is 11.9 Å². The van der Waals surface area contributed by atoms with Gasteiger partial charge in [0.2, 0.25) is 0 Å². The fourth-order valence-electron chi connectivity index (χ4n) is 1.95. The van der Waals surface area contributed by atoms with E-state index >= 15 is 0 Å². The number of hydrogen-bond donors (Lipinski definition) is 2. The number of hydrogen-bond acceptors (Lipinski definition) is 5. The first-order chi connectivity index (χ1) is 11.9. The molecule has 0 unspecified atom stereocenters. The molecule has 0 bridgehead atoms. The highest BCUT2D eigenvalue weighted by Crippen LogP contribution is 2.24. The molecule has 2 aromatic rings. The van der Waals surface area contributed by atoms with Crippen LogP contribution in [0.3, 0.4) is 0 Å². The highest BCUT2D eigenvalue weighted by molar-refractivity contribution is 7.80. The van der Waals surface area contributed by atoms with E-state index in [1.54, 1.807) is 36.4 Å². The number of carbonyl (C=O) groups is 2. The van der Waals surface area contributed by atoms with Gasteiger partial charge in [0.25, 0.3) is 5.91 Å². The molecule has 0 aliphatic heterocycles. The average molecular weight is 379 g/mol. The second-order valence-electron chi connectivity index (χ2n) is 4.83. The Hall–Kier alpha value is -2.64. The lowest BCUT2D eigenvalue weighted by Gasteiger charge is -2.11. The topological polar surface area (TPSA) is 76.7 Å². The van der Waals surface area contributed by atoms with E-state index in [0.717, 1.165) is 0 Å². The second kappa shape index (κ2) is 8.46. The predicted octanol–water partition coefficient (Wildman–Crippen LogP) is 3.26. The van der Waals surface area contributed by atoms with Gasteiger partial charge in [0, 0.05) is 11.3 Å². The summed E-state index contributed by atoms with van der Waals surface area (Å²) in [6.45, 7) is 0. The van der Waals surface area contributed by atoms with Crippen molar-refractivity contribution in [3.8, 4) is 5.75 Å². The van der Waals surface area contributed by atoms with E-state index in [9.17, 15) is 9.59 Å². The maximum Gasteiger partial charge on any atom is 0.337 e. The zero-order valence-corrected chi connectivity index (χ0v) is 15.0. The molecule has 130 valence electrons. The molecule has 0 radical (unpaired) electrons. The van der Waals surface area contributed by atoms with Crippen LogP contribution in [0.4, 0.5) is 5.69 Å². The molecule has 6 nitrogen and oxygen atoms in total. The van der Waals surface area contributed by atoms with E-state index in [1.807, 2.05) is 0 Å². The van der Waals surface area contributed by atoms with E-state index in [2.05, 4.69) is 15.4 Å². The molecule has 0 saturated heterocycles. The van der Waals surface area contributed by atoms with Gasteiger partial charge in [-0.25, -0.2) is 4.79 Å². The van der Waals surface area contributed by atoms with Gasteiger partial charge in [-0.1, -0.05) is 11.6 Å². The number of rotatable bonds is 4. The zero-order valence-electron chi connectivity index (χ0n) is 13.5. The number of anilines is 1. The minimum atomic E-state index is -0.432. The number of ether oxygens (including phenoxy) is 2. The maximum atomic E-state index is 12.2. The number of amides is 1. The van der Waals surface area contributed by atoms with Crippen molar-refractivity contribution in [1.29, 1.82) is 0 Å². The monoisotopic (exact) mass is 378 g/mol. The molecule has 0 aliphatic rings. The molecule has 8 heteroatoms. The van der Waals surface area contributed by atoms with E-state index in [1.165, 1.54) is 20.3 Å². The SMILES string of the molecule is COC(=O)c1ccc(NC(=S)NC(=O)c2ccc(OC)c(Cl)c2)cc1. The molecule has 0 saturated carbocycles. The normalized spacial score (nSPS) is 9.88. The van der Waals surface area contributed by atoms with Crippen LogP contribution in [0.5, 0.6) is 5.75 Å². The van der Waals surface area contributed by atoms with Gasteiger partial charge < -0.3 is 14.8 Å². The number of methoxy groups -OCH3 is 2. The Bertz CT molecular complexity index is 809. The third-order valence-corrected chi connectivity index (χ3v) is 3.70. The average Bonchev–Trinajstić information content (AvgIpc) is 2.61. The number of nitrogens with one attached hydrogen (secondary N) is 2. The van der Waals surface area contributed by atoms with Gasteiger partial charge in [0.05, 0.1) is 24.8 Å². The molecule has 0 spiro atoms. The van der Waals surface area contributed by atoms with Gasteiger partial charge in [-0.2, -0.15) is 0 Å². The first-order valence-electron chi connectivity index (χ1n) is 7.09. The minimum Gasteiger partial charge on any atom is -0.495 e. The summed E-state index contributed by atoms with van der Waals surface area (Å²) >= 11 is 11.1. The van der Waals surface area contributed by atoms with E-state index in [4.69, 9.17) is 28.6 Å². The summed E-state index contributed by atoms with van der Waals surface area (Å²) in [6.07, 6.45) is 0. The summed E-state index contributed by atoms with van der Waals surface area (Å²) in [5, 5.41) is 5.84. The number of thiocarbonyl (C=S) groups is 1. The minimum absolute atomic E-state index is 0.114. The lowest BCUT2D eigenvalue weighted by molar-refractivity contribution is 0.0600. The Kier molecular flexibility index (Phi) is 6.32. The van der Waals surface area contributed by atoms with Gasteiger partial charge in [-0.3, -0.25) is 10.1 Å². The Morgan fingerprint density at radius 3 is 2.24 bits per heavy atom. The molecular weight excluding hydrogens is 364 g/mol. The second-order valence-corrected chi connectivity index (χ2v) is 5.64. The summed E-state index contributed by atoms with van der Waals surface area (Å²) in [6, 6.07) is 11.1. The Morgan fingerprint density at radius 1 is 1.04 bits per heavy atom. The fourth-order valence-corrected chi connectivity index (χ4v) is 2.42. The van der Waals surface area contributed by atoms with Crippen molar-refractivity contribution in [2.45, 2.75) is 0 Å². The van der Waals surface area contributed by atoms with Crippen LogP contribution in [0.15, 0.2) is 42.5 Å². The zero-order chi connectivity index (χ0) is 18.4. The van der Waals surface area contributed by atoms with Crippen LogP contribution in [-0.4, -0.2) is 31.2 Å². The third kappa shape index (κ3) is 4.91. The largest absolute Gasteiger partial charge is 0.495 e. The van der Waals surface area contributed by atoms with Crippen molar-refractivity contribution in [3.05, 3.63) is 58.6 Å². The van der Waals surface area contributed by atoms with E-state index in [0.29, 0.717) is 27.6 Å². The lowest BCUT2D eigenvalue weighted by Crippen LogP contribution is -2.34. The number of benzene rings is 2. The molecule has 1 amide bonds. The van der Waals surface area contributed by atoms with Gasteiger partial charge in [0.1, 0.15) is 5.75 Å². The van der Waals surface area contributed by atoms with Crippen LogP contribution in [0.1, 0.15) is 20.7 Å². The van der Waals surface area contributed by atoms with Gasteiger partial charge >= 0.3 is 5.97 Å². The summed E-state index contributed by atoms with van der Waals surface area (Å²) in [7, 11) is 2.80. The Balaban J connectivity index is 1.98. The summed E-state index contributed by atoms with van der Waals surface area (Å²) in [5.41, 5.74) is 1.37. The molecule has 0 aliphatic carbocycles. The van der Waals surface area contributed by atoms with Gasteiger partial charge in [-0.05, 0) is 54.7 Å². The van der Waals surface area contributed by atoms with Crippen molar-refractivity contribution in [3.63, 3.8) is 0 Å². The molecule has 25 heavy (non-hydrogen) atoms. The van der Waals surface area contributed by atoms with Crippen molar-refractivity contribution in [2.75, 3.05) is 19.5 Å². The summed E-state index contributed by atoms with van der Waals surface area (Å²) in [5.74, 6) is -0.364. The van der Waals surface area contributed by atoms with Crippen LogP contribution >= 0.6 is 23.8 Å². The van der Waals surface area contributed by atoms with E-state index in [-0.39, 0.29) is 5.11 Å². The molecule has 0 atom stereocenters. The first-order valence-corrected chi connectivity index (χ1v) is 7.87.